The van der Waals surface area contributed by atoms with Crippen molar-refractivity contribution in [2.24, 2.45) is 5.92 Å². The molecule has 0 aliphatic heterocycles. The molecule has 0 aliphatic carbocycles. The zero-order valence-electron chi connectivity index (χ0n) is 11.6. The normalized spacial score (nSPS) is 12.2. The minimum Gasteiger partial charge on any atom is -0.480 e. The minimum atomic E-state index is -1.01. The molecule has 0 bridgehead atoms. The molecule has 1 amide bonds. The first-order chi connectivity index (χ1) is 8.95. The molecule has 1 atom stereocenters. The van der Waals surface area contributed by atoms with Gasteiger partial charge >= 0.3 is 5.97 Å². The fourth-order valence-corrected chi connectivity index (χ4v) is 1.85. The van der Waals surface area contributed by atoms with Crippen molar-refractivity contribution in [1.29, 1.82) is 0 Å². The molecule has 104 valence electrons. The van der Waals surface area contributed by atoms with Gasteiger partial charge in [0.05, 0.1) is 0 Å². The highest BCUT2D eigenvalue weighted by atomic mass is 16.4. The minimum absolute atomic E-state index is 0.152. The van der Waals surface area contributed by atoms with Crippen molar-refractivity contribution in [2.75, 3.05) is 0 Å². The highest BCUT2D eigenvalue weighted by Gasteiger charge is 2.23. The number of rotatable bonds is 6. The lowest BCUT2D eigenvalue weighted by Crippen LogP contribution is -2.44. The predicted molar refractivity (Wildman–Crippen MR) is 74.2 cm³/mol. The Morgan fingerprint density at radius 3 is 2.21 bits per heavy atom. The zero-order valence-corrected chi connectivity index (χ0v) is 11.6. The Labute approximate surface area is 113 Å². The maximum atomic E-state index is 12.0. The summed E-state index contributed by atoms with van der Waals surface area (Å²) in [5.41, 5.74) is 1.67. The van der Waals surface area contributed by atoms with E-state index in [9.17, 15) is 9.59 Å². The smallest absolute Gasteiger partial charge is 0.326 e. The van der Waals surface area contributed by atoms with Gasteiger partial charge in [0.15, 0.2) is 0 Å². The molecule has 0 spiro atoms. The third-order valence-corrected chi connectivity index (χ3v) is 2.97. The lowest BCUT2D eigenvalue weighted by molar-refractivity contribution is -0.140. The quantitative estimate of drug-likeness (QED) is 0.828. The van der Waals surface area contributed by atoms with Crippen LogP contribution in [0.1, 0.15) is 43.1 Å². The Hall–Kier alpha value is -1.84. The average molecular weight is 263 g/mol. The Balaban J connectivity index is 2.74. The molecule has 19 heavy (non-hydrogen) atoms. The van der Waals surface area contributed by atoms with E-state index in [-0.39, 0.29) is 11.8 Å². The first-order valence-corrected chi connectivity index (χ1v) is 6.58. The SMILES string of the molecule is CCCc1ccc(C(=O)N[C@@H](C(=O)O)C(C)C)cc1. The molecule has 4 nitrogen and oxygen atoms in total. The Bertz CT molecular complexity index is 437. The van der Waals surface area contributed by atoms with Gasteiger partial charge in [-0.1, -0.05) is 39.3 Å². The number of carboxylic acid groups (broad SMARTS) is 1. The summed E-state index contributed by atoms with van der Waals surface area (Å²) < 4.78 is 0. The van der Waals surface area contributed by atoms with E-state index in [2.05, 4.69) is 12.2 Å². The number of nitrogens with one attached hydrogen (secondary N) is 1. The standard InChI is InChI=1S/C15H21NO3/c1-4-5-11-6-8-12(9-7-11)14(17)16-13(10(2)3)15(18)19/h6-10,13H,4-5H2,1-3H3,(H,16,17)(H,18,19)/t13-/m1/s1. The van der Waals surface area contributed by atoms with Crippen molar-refractivity contribution < 1.29 is 14.7 Å². The van der Waals surface area contributed by atoms with Gasteiger partial charge in [-0.05, 0) is 30.0 Å². The second-order valence-electron chi connectivity index (χ2n) is 4.98. The second kappa shape index (κ2) is 6.92. The van der Waals surface area contributed by atoms with E-state index in [4.69, 9.17) is 5.11 Å². The van der Waals surface area contributed by atoms with E-state index in [1.165, 1.54) is 5.56 Å². The van der Waals surface area contributed by atoms with Gasteiger partial charge in [0.2, 0.25) is 0 Å². The lowest BCUT2D eigenvalue weighted by atomic mass is 10.0. The van der Waals surface area contributed by atoms with E-state index in [0.717, 1.165) is 12.8 Å². The molecular formula is C15H21NO3. The van der Waals surface area contributed by atoms with Crippen molar-refractivity contribution in [3.63, 3.8) is 0 Å². The highest BCUT2D eigenvalue weighted by molar-refractivity contribution is 5.96. The summed E-state index contributed by atoms with van der Waals surface area (Å²) in [4.78, 5) is 23.0. The summed E-state index contributed by atoms with van der Waals surface area (Å²) in [7, 11) is 0. The van der Waals surface area contributed by atoms with Crippen LogP contribution in [0.5, 0.6) is 0 Å². The van der Waals surface area contributed by atoms with E-state index in [0.29, 0.717) is 5.56 Å². The largest absolute Gasteiger partial charge is 0.480 e. The van der Waals surface area contributed by atoms with Crippen LogP contribution >= 0.6 is 0 Å². The molecule has 2 N–H and O–H groups in total. The van der Waals surface area contributed by atoms with Crippen molar-refractivity contribution in [2.45, 2.75) is 39.7 Å². The van der Waals surface area contributed by atoms with E-state index < -0.39 is 12.0 Å². The van der Waals surface area contributed by atoms with Gasteiger partial charge in [0, 0.05) is 5.56 Å². The Morgan fingerprint density at radius 2 is 1.79 bits per heavy atom. The van der Waals surface area contributed by atoms with Gasteiger partial charge in [-0.2, -0.15) is 0 Å². The molecule has 1 aromatic rings. The summed E-state index contributed by atoms with van der Waals surface area (Å²) >= 11 is 0. The van der Waals surface area contributed by atoms with Crippen LogP contribution in [0.4, 0.5) is 0 Å². The molecule has 1 rings (SSSR count). The van der Waals surface area contributed by atoms with Crippen LogP contribution in [-0.2, 0) is 11.2 Å². The van der Waals surface area contributed by atoms with Crippen LogP contribution in [0.2, 0.25) is 0 Å². The highest BCUT2D eigenvalue weighted by Crippen LogP contribution is 2.08. The van der Waals surface area contributed by atoms with Crippen LogP contribution < -0.4 is 5.32 Å². The van der Waals surface area contributed by atoms with Gasteiger partial charge < -0.3 is 10.4 Å². The summed E-state index contributed by atoms with van der Waals surface area (Å²) in [6.45, 7) is 5.63. The molecule has 0 aliphatic rings. The van der Waals surface area contributed by atoms with Crippen LogP contribution in [-0.4, -0.2) is 23.0 Å². The van der Waals surface area contributed by atoms with Crippen LogP contribution in [0.25, 0.3) is 0 Å². The van der Waals surface area contributed by atoms with Gasteiger partial charge in [-0.15, -0.1) is 0 Å². The lowest BCUT2D eigenvalue weighted by Gasteiger charge is -2.17. The molecule has 0 fully saturated rings. The number of aryl methyl sites for hydroxylation is 1. The number of hydrogen-bond acceptors (Lipinski definition) is 2. The second-order valence-corrected chi connectivity index (χ2v) is 4.98. The van der Waals surface area contributed by atoms with E-state index >= 15 is 0 Å². The summed E-state index contributed by atoms with van der Waals surface area (Å²) in [5.74, 6) is -1.50. The first-order valence-electron chi connectivity index (χ1n) is 6.58. The molecule has 0 radical (unpaired) electrons. The predicted octanol–water partition coefficient (Wildman–Crippen LogP) is 2.48. The number of carboxylic acids is 1. The number of hydrogen-bond donors (Lipinski definition) is 2. The molecule has 0 heterocycles. The molecule has 0 aromatic heterocycles. The monoisotopic (exact) mass is 263 g/mol. The number of benzene rings is 1. The molecule has 1 aromatic carbocycles. The zero-order chi connectivity index (χ0) is 14.4. The number of aliphatic carboxylic acids is 1. The molecular weight excluding hydrogens is 242 g/mol. The average Bonchev–Trinajstić information content (AvgIpc) is 2.36. The van der Waals surface area contributed by atoms with Gasteiger partial charge in [0.1, 0.15) is 6.04 Å². The number of carbonyl (C=O) groups is 2. The number of amides is 1. The Morgan fingerprint density at radius 1 is 1.21 bits per heavy atom. The van der Waals surface area contributed by atoms with Crippen LogP contribution in [0.3, 0.4) is 0 Å². The number of carbonyl (C=O) groups excluding carboxylic acids is 1. The molecule has 4 heteroatoms. The van der Waals surface area contributed by atoms with Crippen LogP contribution in [0, 0.1) is 5.92 Å². The van der Waals surface area contributed by atoms with Crippen molar-refractivity contribution >= 4 is 11.9 Å². The summed E-state index contributed by atoms with van der Waals surface area (Å²) in [5, 5.41) is 11.6. The first kappa shape index (κ1) is 15.2. The molecule has 0 unspecified atom stereocenters. The Kier molecular flexibility index (Phi) is 5.55. The van der Waals surface area contributed by atoms with Gasteiger partial charge in [0.25, 0.3) is 5.91 Å². The van der Waals surface area contributed by atoms with E-state index in [1.807, 2.05) is 12.1 Å². The van der Waals surface area contributed by atoms with Crippen molar-refractivity contribution in [3.05, 3.63) is 35.4 Å². The fourth-order valence-electron chi connectivity index (χ4n) is 1.85. The maximum Gasteiger partial charge on any atom is 0.326 e. The maximum absolute atomic E-state index is 12.0. The summed E-state index contributed by atoms with van der Waals surface area (Å²) in [6.07, 6.45) is 2.03. The van der Waals surface area contributed by atoms with Crippen LogP contribution in [0.15, 0.2) is 24.3 Å². The third kappa shape index (κ3) is 4.39. The topological polar surface area (TPSA) is 66.4 Å². The summed E-state index contributed by atoms with van der Waals surface area (Å²) in [6, 6.07) is 6.43. The third-order valence-electron chi connectivity index (χ3n) is 2.97. The molecule has 0 saturated heterocycles. The van der Waals surface area contributed by atoms with Gasteiger partial charge in [-0.25, -0.2) is 4.79 Å². The van der Waals surface area contributed by atoms with Crippen molar-refractivity contribution in [3.8, 4) is 0 Å². The van der Waals surface area contributed by atoms with E-state index in [1.54, 1.807) is 26.0 Å². The fraction of sp³-hybridized carbons (Fsp3) is 0.467. The van der Waals surface area contributed by atoms with Gasteiger partial charge in [-0.3, -0.25) is 4.79 Å². The van der Waals surface area contributed by atoms with Crippen molar-refractivity contribution in [1.82, 2.24) is 5.32 Å². The molecule has 0 saturated carbocycles.